The minimum absolute atomic E-state index is 0.0235. The van der Waals surface area contributed by atoms with Gasteiger partial charge in [0.25, 0.3) is 0 Å². The van der Waals surface area contributed by atoms with Gasteiger partial charge in [0.05, 0.1) is 0 Å². The molecule has 0 unspecified atom stereocenters. The smallest absolute Gasteiger partial charge is 0.244 e. The lowest BCUT2D eigenvalue weighted by Gasteiger charge is -2.21. The van der Waals surface area contributed by atoms with E-state index in [4.69, 9.17) is 0 Å². The van der Waals surface area contributed by atoms with Gasteiger partial charge in [0.1, 0.15) is 6.54 Å². The zero-order valence-corrected chi connectivity index (χ0v) is 13.5. The standard InChI is InChI=1S/C18H21N3O2/c1-3-16-6-4-5-7-17(16)20-18(23)13-21(14(2)22)12-15-8-10-19-11-9-15/h4-11H,3,12-13H2,1-2H3,(H,20,23). The van der Waals surface area contributed by atoms with E-state index < -0.39 is 0 Å². The summed E-state index contributed by atoms with van der Waals surface area (Å²) < 4.78 is 0. The van der Waals surface area contributed by atoms with Crippen molar-refractivity contribution < 1.29 is 9.59 Å². The average molecular weight is 311 g/mol. The highest BCUT2D eigenvalue weighted by Crippen LogP contribution is 2.15. The van der Waals surface area contributed by atoms with Crippen LogP contribution in [0.15, 0.2) is 48.8 Å². The second kappa shape index (κ2) is 8.08. The lowest BCUT2D eigenvalue weighted by atomic mass is 10.1. The summed E-state index contributed by atoms with van der Waals surface area (Å²) in [7, 11) is 0. The highest BCUT2D eigenvalue weighted by molar-refractivity contribution is 5.94. The zero-order valence-electron chi connectivity index (χ0n) is 13.5. The van der Waals surface area contributed by atoms with Gasteiger partial charge in [-0.15, -0.1) is 0 Å². The maximum Gasteiger partial charge on any atom is 0.244 e. The topological polar surface area (TPSA) is 62.3 Å². The molecule has 0 spiro atoms. The van der Waals surface area contributed by atoms with Crippen LogP contribution in [0.3, 0.4) is 0 Å². The van der Waals surface area contributed by atoms with E-state index in [1.807, 2.05) is 43.3 Å². The van der Waals surface area contributed by atoms with Crippen molar-refractivity contribution in [3.05, 3.63) is 59.9 Å². The van der Waals surface area contributed by atoms with Crippen molar-refractivity contribution in [3.8, 4) is 0 Å². The van der Waals surface area contributed by atoms with E-state index in [1.165, 1.54) is 11.8 Å². The molecule has 1 aromatic carbocycles. The third kappa shape index (κ3) is 4.92. The molecule has 1 aromatic heterocycles. The molecule has 2 rings (SSSR count). The van der Waals surface area contributed by atoms with E-state index in [0.29, 0.717) is 6.54 Å². The van der Waals surface area contributed by atoms with Crippen molar-refractivity contribution in [2.45, 2.75) is 26.8 Å². The first-order valence-corrected chi connectivity index (χ1v) is 7.62. The van der Waals surface area contributed by atoms with Crippen molar-refractivity contribution in [1.29, 1.82) is 0 Å². The SMILES string of the molecule is CCc1ccccc1NC(=O)CN(Cc1ccncc1)C(C)=O. The minimum atomic E-state index is -0.199. The Morgan fingerprint density at radius 3 is 2.48 bits per heavy atom. The van der Waals surface area contributed by atoms with E-state index in [-0.39, 0.29) is 18.4 Å². The number of amides is 2. The molecule has 1 N–H and O–H groups in total. The lowest BCUT2D eigenvalue weighted by molar-refractivity contribution is -0.133. The van der Waals surface area contributed by atoms with Gasteiger partial charge in [-0.2, -0.15) is 0 Å². The predicted molar refractivity (Wildman–Crippen MR) is 89.8 cm³/mol. The van der Waals surface area contributed by atoms with Gasteiger partial charge in [-0.05, 0) is 35.7 Å². The van der Waals surface area contributed by atoms with E-state index in [0.717, 1.165) is 23.2 Å². The molecular formula is C18H21N3O2. The van der Waals surface area contributed by atoms with Crippen molar-refractivity contribution in [1.82, 2.24) is 9.88 Å². The normalized spacial score (nSPS) is 10.2. The molecule has 0 atom stereocenters. The largest absolute Gasteiger partial charge is 0.329 e. The molecule has 0 aliphatic heterocycles. The number of carbonyl (C=O) groups is 2. The predicted octanol–water partition coefficient (Wildman–Crippen LogP) is 2.63. The molecule has 2 amide bonds. The summed E-state index contributed by atoms with van der Waals surface area (Å²) >= 11 is 0. The van der Waals surface area contributed by atoms with Crippen LogP contribution in [0.4, 0.5) is 5.69 Å². The van der Waals surface area contributed by atoms with Crippen LogP contribution in [0.25, 0.3) is 0 Å². The van der Waals surface area contributed by atoms with Crippen LogP contribution < -0.4 is 5.32 Å². The van der Waals surface area contributed by atoms with Crippen LogP contribution in [0.5, 0.6) is 0 Å². The number of aryl methyl sites for hydroxylation is 1. The molecule has 5 heteroatoms. The molecule has 120 valence electrons. The monoisotopic (exact) mass is 311 g/mol. The number of nitrogens with one attached hydrogen (secondary N) is 1. The van der Waals surface area contributed by atoms with E-state index in [1.54, 1.807) is 12.4 Å². The maximum atomic E-state index is 12.3. The molecule has 0 saturated carbocycles. The van der Waals surface area contributed by atoms with Crippen molar-refractivity contribution in [3.63, 3.8) is 0 Å². The number of aromatic nitrogens is 1. The number of para-hydroxylation sites is 1. The molecule has 0 aliphatic carbocycles. The zero-order chi connectivity index (χ0) is 16.7. The van der Waals surface area contributed by atoms with Gasteiger partial charge < -0.3 is 10.2 Å². The number of nitrogens with zero attached hydrogens (tertiary/aromatic N) is 2. The second-order valence-corrected chi connectivity index (χ2v) is 5.29. The highest BCUT2D eigenvalue weighted by atomic mass is 16.2. The molecule has 5 nitrogen and oxygen atoms in total. The Morgan fingerprint density at radius 2 is 1.83 bits per heavy atom. The van der Waals surface area contributed by atoms with Gasteiger partial charge in [0, 0.05) is 31.5 Å². The van der Waals surface area contributed by atoms with E-state index in [2.05, 4.69) is 10.3 Å². The summed E-state index contributed by atoms with van der Waals surface area (Å²) in [5.74, 6) is -0.337. The molecule has 1 heterocycles. The first kappa shape index (κ1) is 16.7. The number of benzene rings is 1. The van der Waals surface area contributed by atoms with Crippen LogP contribution in [0.2, 0.25) is 0 Å². The van der Waals surface area contributed by atoms with Gasteiger partial charge >= 0.3 is 0 Å². The number of anilines is 1. The number of hydrogen-bond donors (Lipinski definition) is 1. The Kier molecular flexibility index (Phi) is 5.86. The molecule has 0 saturated heterocycles. The van der Waals surface area contributed by atoms with Crippen molar-refractivity contribution >= 4 is 17.5 Å². The Labute approximate surface area is 136 Å². The fraction of sp³-hybridized carbons (Fsp3) is 0.278. The Bertz CT molecular complexity index is 671. The van der Waals surface area contributed by atoms with Crippen LogP contribution in [-0.4, -0.2) is 28.2 Å². The fourth-order valence-corrected chi connectivity index (χ4v) is 2.30. The molecule has 0 radical (unpaired) electrons. The first-order valence-electron chi connectivity index (χ1n) is 7.62. The van der Waals surface area contributed by atoms with Gasteiger partial charge in [-0.3, -0.25) is 14.6 Å². The van der Waals surface area contributed by atoms with Crippen LogP contribution in [0, 0.1) is 0 Å². The van der Waals surface area contributed by atoms with E-state index >= 15 is 0 Å². The molecule has 0 fully saturated rings. The summed E-state index contributed by atoms with van der Waals surface area (Å²) in [6.07, 6.45) is 4.18. The fourth-order valence-electron chi connectivity index (χ4n) is 2.30. The van der Waals surface area contributed by atoms with Crippen LogP contribution in [0.1, 0.15) is 25.0 Å². The number of hydrogen-bond acceptors (Lipinski definition) is 3. The summed E-state index contributed by atoms with van der Waals surface area (Å²) in [5, 5.41) is 2.89. The number of pyridine rings is 1. The molecule has 23 heavy (non-hydrogen) atoms. The minimum Gasteiger partial charge on any atom is -0.329 e. The van der Waals surface area contributed by atoms with Crippen LogP contribution in [-0.2, 0) is 22.6 Å². The third-order valence-corrected chi connectivity index (χ3v) is 3.57. The summed E-state index contributed by atoms with van der Waals surface area (Å²) in [5.41, 5.74) is 2.81. The van der Waals surface area contributed by atoms with E-state index in [9.17, 15) is 9.59 Å². The Balaban J connectivity index is 2.02. The molecule has 2 aromatic rings. The number of carbonyl (C=O) groups excluding carboxylic acids is 2. The quantitative estimate of drug-likeness (QED) is 0.892. The van der Waals surface area contributed by atoms with Gasteiger partial charge in [0.2, 0.25) is 11.8 Å². The van der Waals surface area contributed by atoms with Crippen LogP contribution >= 0.6 is 0 Å². The maximum absolute atomic E-state index is 12.3. The summed E-state index contributed by atoms with van der Waals surface area (Å²) in [4.78, 5) is 29.5. The van der Waals surface area contributed by atoms with Gasteiger partial charge in [-0.25, -0.2) is 0 Å². The second-order valence-electron chi connectivity index (χ2n) is 5.29. The lowest BCUT2D eigenvalue weighted by Crippen LogP contribution is -2.36. The van der Waals surface area contributed by atoms with Crippen molar-refractivity contribution in [2.24, 2.45) is 0 Å². The third-order valence-electron chi connectivity index (χ3n) is 3.57. The average Bonchev–Trinajstić information content (AvgIpc) is 2.55. The Hall–Kier alpha value is -2.69. The summed E-state index contributed by atoms with van der Waals surface area (Å²) in [6, 6.07) is 11.3. The highest BCUT2D eigenvalue weighted by Gasteiger charge is 2.15. The van der Waals surface area contributed by atoms with Crippen molar-refractivity contribution in [2.75, 3.05) is 11.9 Å². The van der Waals surface area contributed by atoms with Gasteiger partial charge in [-0.1, -0.05) is 25.1 Å². The molecule has 0 aliphatic rings. The Morgan fingerprint density at radius 1 is 1.13 bits per heavy atom. The molecular weight excluding hydrogens is 290 g/mol. The molecule has 0 bridgehead atoms. The first-order chi connectivity index (χ1) is 11.1. The summed E-state index contributed by atoms with van der Waals surface area (Å²) in [6.45, 7) is 3.92. The number of rotatable bonds is 6. The van der Waals surface area contributed by atoms with Gasteiger partial charge in [0.15, 0.2) is 0 Å².